The Morgan fingerprint density at radius 3 is 2.55 bits per heavy atom. The summed E-state index contributed by atoms with van der Waals surface area (Å²) < 4.78 is 5.35. The van der Waals surface area contributed by atoms with Gasteiger partial charge >= 0.3 is 0 Å². The van der Waals surface area contributed by atoms with Crippen LogP contribution in [0.2, 0.25) is 0 Å². The molecule has 1 aromatic heterocycles. The standard InChI is InChI=1S/C27H31N3O3/c1-19(2)23-16-24(33-29-23)25(31)30-15-9-14-27(18-30,26(32)28-3)17-21-12-7-8-13-22(21)20-10-5-4-6-11-20/h4-8,10-13,16,19H,9,14-15,17-18H2,1-3H3,(H,28,32)/t27-/m1/s1. The molecule has 3 aromatic rings. The van der Waals surface area contributed by atoms with Crippen molar-refractivity contribution in [3.63, 3.8) is 0 Å². The zero-order valence-corrected chi connectivity index (χ0v) is 19.5. The molecule has 0 saturated carbocycles. The highest BCUT2D eigenvalue weighted by Crippen LogP contribution is 2.37. The van der Waals surface area contributed by atoms with Gasteiger partial charge < -0.3 is 14.7 Å². The molecule has 1 saturated heterocycles. The lowest BCUT2D eigenvalue weighted by Crippen LogP contribution is -2.54. The van der Waals surface area contributed by atoms with Crippen LogP contribution < -0.4 is 5.32 Å². The van der Waals surface area contributed by atoms with E-state index in [2.05, 4.69) is 34.7 Å². The monoisotopic (exact) mass is 445 g/mol. The van der Waals surface area contributed by atoms with Gasteiger partial charge in [0.1, 0.15) is 0 Å². The van der Waals surface area contributed by atoms with Crippen LogP contribution in [0.15, 0.2) is 65.2 Å². The van der Waals surface area contributed by atoms with Gasteiger partial charge in [0, 0.05) is 26.2 Å². The number of amides is 2. The van der Waals surface area contributed by atoms with Crippen LogP contribution in [-0.4, -0.2) is 42.0 Å². The number of nitrogens with one attached hydrogen (secondary N) is 1. The van der Waals surface area contributed by atoms with Gasteiger partial charge in [-0.3, -0.25) is 9.59 Å². The number of aromatic nitrogens is 1. The van der Waals surface area contributed by atoms with Crippen LogP contribution in [0.3, 0.4) is 0 Å². The number of nitrogens with zero attached hydrogens (tertiary/aromatic N) is 2. The number of carbonyl (C=O) groups excluding carboxylic acids is 2. The molecule has 2 aromatic carbocycles. The third kappa shape index (κ3) is 4.70. The molecule has 0 unspecified atom stereocenters. The van der Waals surface area contributed by atoms with Crippen LogP contribution in [0, 0.1) is 5.41 Å². The summed E-state index contributed by atoms with van der Waals surface area (Å²) in [6, 6.07) is 20.1. The minimum atomic E-state index is -0.714. The van der Waals surface area contributed by atoms with Gasteiger partial charge in [0.25, 0.3) is 5.91 Å². The number of piperidine rings is 1. The zero-order valence-electron chi connectivity index (χ0n) is 19.5. The molecule has 2 heterocycles. The molecule has 1 aliphatic rings. The summed E-state index contributed by atoms with van der Waals surface area (Å²) in [6.45, 7) is 4.95. The Morgan fingerprint density at radius 1 is 1.12 bits per heavy atom. The zero-order chi connectivity index (χ0) is 23.4. The summed E-state index contributed by atoms with van der Waals surface area (Å²) in [5.41, 5.74) is 3.37. The molecule has 0 bridgehead atoms. The summed E-state index contributed by atoms with van der Waals surface area (Å²) in [5, 5.41) is 6.89. The van der Waals surface area contributed by atoms with Crippen molar-refractivity contribution in [3.05, 3.63) is 77.7 Å². The van der Waals surface area contributed by atoms with E-state index in [-0.39, 0.29) is 23.5 Å². The van der Waals surface area contributed by atoms with Gasteiger partial charge in [-0.1, -0.05) is 73.6 Å². The number of hydrogen-bond donors (Lipinski definition) is 1. The largest absolute Gasteiger partial charge is 0.359 e. The molecule has 172 valence electrons. The topological polar surface area (TPSA) is 75.4 Å². The van der Waals surface area contributed by atoms with Gasteiger partial charge in [-0.2, -0.15) is 0 Å². The Morgan fingerprint density at radius 2 is 1.85 bits per heavy atom. The molecule has 1 N–H and O–H groups in total. The third-order valence-corrected chi connectivity index (χ3v) is 6.53. The Labute approximate surface area is 195 Å². The van der Waals surface area contributed by atoms with E-state index in [9.17, 15) is 9.59 Å². The fourth-order valence-electron chi connectivity index (χ4n) is 4.74. The van der Waals surface area contributed by atoms with Gasteiger partial charge in [0.05, 0.1) is 11.1 Å². The number of hydrogen-bond acceptors (Lipinski definition) is 4. The summed E-state index contributed by atoms with van der Waals surface area (Å²) in [6.07, 6.45) is 2.01. The van der Waals surface area contributed by atoms with Crippen molar-refractivity contribution in [1.82, 2.24) is 15.4 Å². The van der Waals surface area contributed by atoms with Crippen LogP contribution >= 0.6 is 0 Å². The van der Waals surface area contributed by atoms with Crippen LogP contribution in [0.25, 0.3) is 11.1 Å². The third-order valence-electron chi connectivity index (χ3n) is 6.53. The van der Waals surface area contributed by atoms with Crippen molar-refractivity contribution in [2.75, 3.05) is 20.1 Å². The molecule has 2 amide bonds. The number of carbonyl (C=O) groups is 2. The van der Waals surface area contributed by atoms with Crippen molar-refractivity contribution in [1.29, 1.82) is 0 Å². The average molecular weight is 446 g/mol. The molecular weight excluding hydrogens is 414 g/mol. The summed E-state index contributed by atoms with van der Waals surface area (Å²) in [5.74, 6) is 0.161. The minimum Gasteiger partial charge on any atom is -0.359 e. The lowest BCUT2D eigenvalue weighted by Gasteiger charge is -2.41. The maximum absolute atomic E-state index is 13.3. The highest BCUT2D eigenvalue weighted by atomic mass is 16.5. The summed E-state index contributed by atoms with van der Waals surface area (Å²) >= 11 is 0. The molecule has 4 rings (SSSR count). The highest BCUT2D eigenvalue weighted by Gasteiger charge is 2.44. The second-order valence-electron chi connectivity index (χ2n) is 9.16. The van der Waals surface area contributed by atoms with Crippen LogP contribution in [0.5, 0.6) is 0 Å². The average Bonchev–Trinajstić information content (AvgIpc) is 3.35. The molecule has 0 radical (unpaired) electrons. The van der Waals surface area contributed by atoms with Gasteiger partial charge in [0.15, 0.2) is 0 Å². The smallest absolute Gasteiger partial charge is 0.292 e. The van der Waals surface area contributed by atoms with Crippen molar-refractivity contribution in [2.24, 2.45) is 5.41 Å². The van der Waals surface area contributed by atoms with Gasteiger partial charge in [0.2, 0.25) is 11.7 Å². The Balaban J connectivity index is 1.64. The highest BCUT2D eigenvalue weighted by molar-refractivity contribution is 5.92. The number of likely N-dealkylation sites (tertiary alicyclic amines) is 1. The quantitative estimate of drug-likeness (QED) is 0.598. The van der Waals surface area contributed by atoms with E-state index < -0.39 is 5.41 Å². The fraction of sp³-hybridized carbons (Fsp3) is 0.370. The lowest BCUT2D eigenvalue weighted by atomic mass is 9.73. The van der Waals surface area contributed by atoms with Gasteiger partial charge in [-0.15, -0.1) is 0 Å². The van der Waals surface area contributed by atoms with Crippen molar-refractivity contribution in [2.45, 2.75) is 39.0 Å². The second kappa shape index (κ2) is 9.61. The first-order valence-corrected chi connectivity index (χ1v) is 11.5. The van der Waals surface area contributed by atoms with Gasteiger partial charge in [-0.25, -0.2) is 0 Å². The summed E-state index contributed by atoms with van der Waals surface area (Å²) in [4.78, 5) is 28.2. The predicted octanol–water partition coefficient (Wildman–Crippen LogP) is 4.68. The van der Waals surface area contributed by atoms with Crippen molar-refractivity contribution >= 4 is 11.8 Å². The second-order valence-corrected chi connectivity index (χ2v) is 9.16. The SMILES string of the molecule is CNC(=O)[C@@]1(Cc2ccccc2-c2ccccc2)CCCN(C(=O)c2cc(C(C)C)no2)C1. The maximum Gasteiger partial charge on any atom is 0.292 e. The molecule has 0 aliphatic carbocycles. The number of benzene rings is 2. The first kappa shape index (κ1) is 22.8. The van der Waals surface area contributed by atoms with Gasteiger partial charge in [-0.05, 0) is 41.9 Å². The van der Waals surface area contributed by atoms with E-state index >= 15 is 0 Å². The molecular formula is C27H31N3O3. The maximum atomic E-state index is 13.3. The first-order valence-electron chi connectivity index (χ1n) is 11.5. The Bertz CT molecular complexity index is 1120. The van der Waals surface area contributed by atoms with E-state index in [0.717, 1.165) is 28.8 Å². The minimum absolute atomic E-state index is 0.0386. The van der Waals surface area contributed by atoms with Crippen LogP contribution in [0.1, 0.15) is 54.4 Å². The fourth-order valence-corrected chi connectivity index (χ4v) is 4.74. The van der Waals surface area contributed by atoms with Crippen molar-refractivity contribution < 1.29 is 14.1 Å². The Hall–Kier alpha value is -3.41. The lowest BCUT2D eigenvalue weighted by molar-refractivity contribution is -0.133. The number of rotatable bonds is 6. The van der Waals surface area contributed by atoms with E-state index in [1.165, 1.54) is 0 Å². The molecule has 1 atom stereocenters. The molecule has 33 heavy (non-hydrogen) atoms. The van der Waals surface area contributed by atoms with E-state index in [1.807, 2.05) is 44.2 Å². The predicted molar refractivity (Wildman–Crippen MR) is 128 cm³/mol. The molecule has 1 fully saturated rings. The molecule has 6 heteroatoms. The van der Waals surface area contributed by atoms with E-state index in [0.29, 0.717) is 25.9 Å². The van der Waals surface area contributed by atoms with E-state index in [1.54, 1.807) is 18.0 Å². The molecule has 6 nitrogen and oxygen atoms in total. The van der Waals surface area contributed by atoms with E-state index in [4.69, 9.17) is 4.52 Å². The summed E-state index contributed by atoms with van der Waals surface area (Å²) in [7, 11) is 1.67. The first-order chi connectivity index (χ1) is 15.9. The molecule has 1 aliphatic heterocycles. The molecule has 0 spiro atoms. The normalized spacial score (nSPS) is 18.4. The van der Waals surface area contributed by atoms with Crippen LogP contribution in [-0.2, 0) is 11.2 Å². The van der Waals surface area contributed by atoms with Crippen molar-refractivity contribution in [3.8, 4) is 11.1 Å². The Kier molecular flexibility index (Phi) is 6.63. The van der Waals surface area contributed by atoms with Crippen LogP contribution in [0.4, 0.5) is 0 Å².